The highest BCUT2D eigenvalue weighted by molar-refractivity contribution is 7.80. The van der Waals surface area contributed by atoms with Crippen molar-refractivity contribution in [2.24, 2.45) is 0 Å². The van der Waals surface area contributed by atoms with Crippen molar-refractivity contribution in [2.75, 3.05) is 0 Å². The minimum absolute atomic E-state index is 0.178. The Hall–Kier alpha value is -0.640. The van der Waals surface area contributed by atoms with Crippen LogP contribution in [-0.4, -0.2) is 0 Å². The van der Waals surface area contributed by atoms with Gasteiger partial charge in [0.05, 0.1) is 5.56 Å². The van der Waals surface area contributed by atoms with Gasteiger partial charge >= 0.3 is 6.18 Å². The first-order chi connectivity index (χ1) is 5.91. The molecule has 4 heteroatoms. The van der Waals surface area contributed by atoms with Gasteiger partial charge < -0.3 is 0 Å². The maximum Gasteiger partial charge on any atom is 0.416 e. The van der Waals surface area contributed by atoms with E-state index in [0.29, 0.717) is 5.56 Å². The van der Waals surface area contributed by atoms with Crippen molar-refractivity contribution in [2.45, 2.75) is 18.3 Å². The van der Waals surface area contributed by atoms with Gasteiger partial charge in [0, 0.05) is 5.25 Å². The molecule has 72 valence electrons. The molecule has 0 bridgehead atoms. The molecule has 0 aliphatic carbocycles. The Morgan fingerprint density at radius 2 is 1.92 bits per heavy atom. The number of thiol groups is 1. The van der Waals surface area contributed by atoms with Crippen molar-refractivity contribution in [1.82, 2.24) is 0 Å². The smallest absolute Gasteiger partial charge is 0.171 e. The molecule has 0 amide bonds. The van der Waals surface area contributed by atoms with Crippen LogP contribution in [0.15, 0.2) is 24.3 Å². The normalized spacial score (nSPS) is 14.2. The summed E-state index contributed by atoms with van der Waals surface area (Å²) in [7, 11) is 0. The highest BCUT2D eigenvalue weighted by atomic mass is 32.1. The average Bonchev–Trinajstić information content (AvgIpc) is 2.03. The summed E-state index contributed by atoms with van der Waals surface area (Å²) < 4.78 is 36.6. The zero-order chi connectivity index (χ0) is 10.1. The second-order valence-corrected chi connectivity index (χ2v) is 3.57. The molecule has 1 aromatic carbocycles. The fourth-order valence-corrected chi connectivity index (χ4v) is 1.14. The summed E-state index contributed by atoms with van der Waals surface area (Å²) in [6.07, 6.45) is -4.27. The number of hydrogen-bond donors (Lipinski definition) is 1. The van der Waals surface area contributed by atoms with Crippen LogP contribution in [0.1, 0.15) is 23.3 Å². The fraction of sp³-hybridized carbons (Fsp3) is 0.333. The Bertz CT molecular complexity index is 291. The topological polar surface area (TPSA) is 0 Å². The molecule has 1 rings (SSSR count). The van der Waals surface area contributed by atoms with E-state index in [0.717, 1.165) is 12.1 Å². The van der Waals surface area contributed by atoms with Crippen molar-refractivity contribution >= 4 is 12.6 Å². The van der Waals surface area contributed by atoms with E-state index >= 15 is 0 Å². The first kappa shape index (κ1) is 10.4. The molecular formula is C9H9F3S. The van der Waals surface area contributed by atoms with E-state index in [-0.39, 0.29) is 5.25 Å². The van der Waals surface area contributed by atoms with Gasteiger partial charge in [-0.3, -0.25) is 0 Å². The monoisotopic (exact) mass is 206 g/mol. The summed E-state index contributed by atoms with van der Waals surface area (Å²) in [5, 5.41) is -0.178. The predicted octanol–water partition coefficient (Wildman–Crippen LogP) is 3.70. The molecule has 0 unspecified atom stereocenters. The zero-order valence-corrected chi connectivity index (χ0v) is 7.86. The van der Waals surface area contributed by atoms with Crippen molar-refractivity contribution in [3.8, 4) is 0 Å². The summed E-state index contributed by atoms with van der Waals surface area (Å²) in [6.45, 7) is 1.73. The van der Waals surface area contributed by atoms with Crippen LogP contribution in [0.25, 0.3) is 0 Å². The molecule has 0 spiro atoms. The molecule has 0 aromatic heterocycles. The Morgan fingerprint density at radius 1 is 1.31 bits per heavy atom. The number of hydrogen-bond acceptors (Lipinski definition) is 1. The molecule has 0 saturated heterocycles. The lowest BCUT2D eigenvalue weighted by molar-refractivity contribution is -0.137. The maximum absolute atomic E-state index is 12.2. The molecule has 0 nitrogen and oxygen atoms in total. The molecule has 0 saturated carbocycles. The van der Waals surface area contributed by atoms with Gasteiger partial charge in [0.1, 0.15) is 0 Å². The van der Waals surface area contributed by atoms with Gasteiger partial charge in [-0.25, -0.2) is 0 Å². The van der Waals surface area contributed by atoms with E-state index in [1.165, 1.54) is 6.07 Å². The molecule has 13 heavy (non-hydrogen) atoms. The predicted molar refractivity (Wildman–Crippen MR) is 48.8 cm³/mol. The Kier molecular flexibility index (Phi) is 2.91. The second-order valence-electron chi connectivity index (χ2n) is 2.80. The number of benzene rings is 1. The molecule has 1 aromatic rings. The molecule has 0 radical (unpaired) electrons. The number of rotatable bonds is 1. The van der Waals surface area contributed by atoms with E-state index in [2.05, 4.69) is 12.6 Å². The van der Waals surface area contributed by atoms with Gasteiger partial charge in [-0.2, -0.15) is 25.8 Å². The standard InChI is InChI=1S/C9H9F3S/c1-6(13)7-3-2-4-8(5-7)9(10,11)12/h2-6,13H,1H3/t6-/m1/s1. The second kappa shape index (κ2) is 3.62. The summed E-state index contributed by atoms with van der Waals surface area (Å²) in [4.78, 5) is 0. The first-order valence-corrected chi connectivity index (χ1v) is 4.28. The maximum atomic E-state index is 12.2. The lowest BCUT2D eigenvalue weighted by Crippen LogP contribution is -2.05. The minimum atomic E-state index is -4.27. The summed E-state index contributed by atoms with van der Waals surface area (Å²) in [5.41, 5.74) is -0.0379. The highest BCUT2D eigenvalue weighted by Crippen LogP contribution is 2.31. The van der Waals surface area contributed by atoms with Gasteiger partial charge in [0.2, 0.25) is 0 Å². The van der Waals surface area contributed by atoms with Crippen molar-refractivity contribution in [3.05, 3.63) is 35.4 Å². The zero-order valence-electron chi connectivity index (χ0n) is 6.97. The van der Waals surface area contributed by atoms with Crippen molar-refractivity contribution < 1.29 is 13.2 Å². The Balaban J connectivity index is 3.06. The first-order valence-electron chi connectivity index (χ1n) is 3.76. The van der Waals surface area contributed by atoms with Crippen molar-refractivity contribution in [1.29, 1.82) is 0 Å². The molecule has 0 N–H and O–H groups in total. The van der Waals surface area contributed by atoms with Crippen LogP contribution in [-0.2, 0) is 6.18 Å². The summed E-state index contributed by atoms with van der Waals surface area (Å²) in [6, 6.07) is 5.20. The molecule has 1 atom stereocenters. The molecular weight excluding hydrogens is 197 g/mol. The fourth-order valence-electron chi connectivity index (χ4n) is 0.975. The number of alkyl halides is 3. The average molecular weight is 206 g/mol. The highest BCUT2D eigenvalue weighted by Gasteiger charge is 2.30. The van der Waals surface area contributed by atoms with Gasteiger partial charge in [-0.1, -0.05) is 18.2 Å². The summed E-state index contributed by atoms with van der Waals surface area (Å²) >= 11 is 4.06. The van der Waals surface area contributed by atoms with Crippen LogP contribution in [0.2, 0.25) is 0 Å². The van der Waals surface area contributed by atoms with Crippen LogP contribution in [0, 0.1) is 0 Å². The third kappa shape index (κ3) is 2.66. The number of halogens is 3. The van der Waals surface area contributed by atoms with E-state index in [1.54, 1.807) is 13.0 Å². The molecule has 0 fully saturated rings. The van der Waals surface area contributed by atoms with Gasteiger partial charge in [-0.15, -0.1) is 0 Å². The molecule has 0 aliphatic rings. The van der Waals surface area contributed by atoms with Crippen molar-refractivity contribution in [3.63, 3.8) is 0 Å². The van der Waals surface area contributed by atoms with Crippen LogP contribution in [0.5, 0.6) is 0 Å². The lowest BCUT2D eigenvalue weighted by Gasteiger charge is -2.09. The Labute approximate surface area is 80.2 Å². The van der Waals surface area contributed by atoms with E-state index in [1.807, 2.05) is 0 Å². The molecule has 0 aliphatic heterocycles. The van der Waals surface area contributed by atoms with Crippen LogP contribution >= 0.6 is 12.6 Å². The van der Waals surface area contributed by atoms with Crippen LogP contribution < -0.4 is 0 Å². The minimum Gasteiger partial charge on any atom is -0.171 e. The largest absolute Gasteiger partial charge is 0.416 e. The van der Waals surface area contributed by atoms with Gasteiger partial charge in [0.25, 0.3) is 0 Å². The van der Waals surface area contributed by atoms with Crippen LogP contribution in [0.3, 0.4) is 0 Å². The third-order valence-electron chi connectivity index (χ3n) is 1.70. The Morgan fingerprint density at radius 3 is 2.38 bits per heavy atom. The van der Waals surface area contributed by atoms with E-state index in [9.17, 15) is 13.2 Å². The summed E-state index contributed by atoms with van der Waals surface area (Å²) in [5.74, 6) is 0. The SMILES string of the molecule is C[C@@H](S)c1cccc(C(F)(F)F)c1. The van der Waals surface area contributed by atoms with E-state index < -0.39 is 11.7 Å². The lowest BCUT2D eigenvalue weighted by atomic mass is 10.1. The van der Waals surface area contributed by atoms with Gasteiger partial charge in [0.15, 0.2) is 0 Å². The quantitative estimate of drug-likeness (QED) is 0.665. The van der Waals surface area contributed by atoms with E-state index in [4.69, 9.17) is 0 Å². The van der Waals surface area contributed by atoms with Crippen LogP contribution in [0.4, 0.5) is 13.2 Å². The third-order valence-corrected chi connectivity index (χ3v) is 1.99. The molecule has 0 heterocycles. The van der Waals surface area contributed by atoms with Gasteiger partial charge in [-0.05, 0) is 18.6 Å².